The second kappa shape index (κ2) is 13.7. The van der Waals surface area contributed by atoms with Gasteiger partial charge in [0.15, 0.2) is 5.78 Å². The molecule has 5 aromatic rings. The number of carbonyl (C=O) groups is 3. The minimum atomic E-state index is -0.745. The van der Waals surface area contributed by atoms with Crippen LogP contribution >= 0.6 is 11.3 Å². The number of amides is 2. The van der Waals surface area contributed by atoms with E-state index in [1.165, 1.54) is 17.4 Å². The summed E-state index contributed by atoms with van der Waals surface area (Å²) in [7, 11) is 0. The first-order chi connectivity index (χ1) is 25.2. The van der Waals surface area contributed by atoms with Gasteiger partial charge in [-0.3, -0.25) is 14.4 Å². The third-order valence-electron chi connectivity index (χ3n) is 10.3. The Bertz CT molecular complexity index is 2180. The van der Waals surface area contributed by atoms with Crippen molar-refractivity contribution in [3.63, 3.8) is 0 Å². The van der Waals surface area contributed by atoms with Crippen molar-refractivity contribution in [2.75, 3.05) is 48.0 Å². The number of aryl methyl sites for hydroxylation is 1. The van der Waals surface area contributed by atoms with Crippen LogP contribution in [0.2, 0.25) is 0 Å². The summed E-state index contributed by atoms with van der Waals surface area (Å²) in [5.41, 5.74) is 4.76. The lowest BCUT2D eigenvalue weighted by molar-refractivity contribution is -0.000519. The number of anilines is 3. The van der Waals surface area contributed by atoms with Crippen LogP contribution in [0.3, 0.4) is 0 Å². The highest BCUT2D eigenvalue weighted by atomic mass is 32.1. The molecule has 0 aliphatic carbocycles. The number of thiophene rings is 1. The van der Waals surface area contributed by atoms with E-state index in [0.29, 0.717) is 46.2 Å². The maximum absolute atomic E-state index is 14.3. The van der Waals surface area contributed by atoms with Crippen molar-refractivity contribution in [1.82, 2.24) is 4.98 Å². The number of hydrogen-bond acceptors (Lipinski definition) is 7. The van der Waals surface area contributed by atoms with Crippen molar-refractivity contribution in [1.29, 1.82) is 0 Å². The van der Waals surface area contributed by atoms with Gasteiger partial charge in [0.1, 0.15) is 17.5 Å². The normalized spacial score (nSPS) is 16.1. The molecule has 52 heavy (non-hydrogen) atoms. The molecule has 2 fully saturated rings. The van der Waals surface area contributed by atoms with E-state index in [4.69, 9.17) is 9.72 Å². The Kier molecular flexibility index (Phi) is 8.92. The number of fused-ring (bicyclic) bond motifs is 3. The molecule has 5 heterocycles. The number of benzene rings is 3. The Morgan fingerprint density at radius 3 is 2.40 bits per heavy atom. The number of para-hydroxylation sites is 1. The van der Waals surface area contributed by atoms with Crippen LogP contribution in [-0.2, 0) is 17.6 Å². The zero-order valence-electron chi connectivity index (χ0n) is 28.6. The van der Waals surface area contributed by atoms with Crippen LogP contribution in [0.25, 0.3) is 10.4 Å². The third-order valence-corrected chi connectivity index (χ3v) is 11.6. The van der Waals surface area contributed by atoms with E-state index in [0.717, 1.165) is 73.0 Å². The van der Waals surface area contributed by atoms with Crippen LogP contribution in [0.4, 0.5) is 26.0 Å². The van der Waals surface area contributed by atoms with Gasteiger partial charge < -0.3 is 19.9 Å². The first-order valence-electron chi connectivity index (χ1n) is 17.4. The van der Waals surface area contributed by atoms with Crippen LogP contribution in [0, 0.1) is 24.0 Å². The summed E-state index contributed by atoms with van der Waals surface area (Å²) in [4.78, 5) is 50.6. The predicted molar refractivity (Wildman–Crippen MR) is 198 cm³/mol. The van der Waals surface area contributed by atoms with Crippen molar-refractivity contribution in [3.05, 3.63) is 129 Å². The largest absolute Gasteiger partial charge is 0.381 e. The lowest BCUT2D eigenvalue weighted by Crippen LogP contribution is -2.59. The lowest BCUT2D eigenvalue weighted by Gasteiger charge is -2.53. The second-order valence-corrected chi connectivity index (χ2v) is 14.9. The number of pyridine rings is 1. The fourth-order valence-electron chi connectivity index (χ4n) is 7.44. The van der Waals surface area contributed by atoms with Gasteiger partial charge >= 0.3 is 0 Å². The monoisotopic (exact) mass is 718 g/mol. The van der Waals surface area contributed by atoms with Gasteiger partial charge in [0.05, 0.1) is 16.1 Å². The number of aromatic nitrogens is 1. The highest BCUT2D eigenvalue weighted by Crippen LogP contribution is 2.44. The van der Waals surface area contributed by atoms with E-state index < -0.39 is 11.6 Å². The first kappa shape index (κ1) is 33.9. The van der Waals surface area contributed by atoms with Crippen LogP contribution in [0.1, 0.15) is 60.1 Å². The predicted octanol–water partition coefficient (Wildman–Crippen LogP) is 7.89. The molecule has 3 aliphatic heterocycles. The highest BCUT2D eigenvalue weighted by Gasteiger charge is 2.45. The molecule has 0 atom stereocenters. The van der Waals surface area contributed by atoms with Crippen molar-refractivity contribution >= 4 is 46.1 Å². The molecule has 264 valence electrons. The van der Waals surface area contributed by atoms with Crippen molar-refractivity contribution in [2.45, 2.75) is 32.6 Å². The quantitative estimate of drug-likeness (QED) is 0.172. The number of carbonyl (C=O) groups excluding carboxylic acids is 3. The summed E-state index contributed by atoms with van der Waals surface area (Å²) in [6.07, 6.45) is 2.15. The van der Waals surface area contributed by atoms with E-state index in [1.54, 1.807) is 35.2 Å². The second-order valence-electron chi connectivity index (χ2n) is 13.8. The molecule has 3 aromatic carbocycles. The minimum Gasteiger partial charge on any atom is -0.381 e. The number of hydrogen-bond donors (Lipinski definition) is 1. The van der Waals surface area contributed by atoms with Gasteiger partial charge in [0.25, 0.3) is 11.8 Å². The summed E-state index contributed by atoms with van der Waals surface area (Å²) in [5.74, 6) is -1.63. The molecule has 1 N–H and O–H groups in total. The van der Waals surface area contributed by atoms with Crippen LogP contribution in [0.5, 0.6) is 0 Å². The number of rotatable bonds is 7. The molecule has 2 aromatic heterocycles. The van der Waals surface area contributed by atoms with E-state index in [1.807, 2.05) is 43.3 Å². The molecule has 0 radical (unpaired) electrons. The Hall–Kier alpha value is -5.26. The molecular weight excluding hydrogens is 683 g/mol. The van der Waals surface area contributed by atoms with Gasteiger partial charge in [-0.05, 0) is 92.4 Å². The van der Waals surface area contributed by atoms with Gasteiger partial charge in [0.2, 0.25) is 0 Å². The van der Waals surface area contributed by atoms with Gasteiger partial charge in [-0.2, -0.15) is 0 Å². The summed E-state index contributed by atoms with van der Waals surface area (Å²) in [6, 6.07) is 23.4. The summed E-state index contributed by atoms with van der Waals surface area (Å²) < 4.78 is 34.1. The Morgan fingerprint density at radius 1 is 0.923 bits per heavy atom. The molecule has 8 nitrogen and oxygen atoms in total. The molecule has 8 rings (SSSR count). The molecule has 0 unspecified atom stereocenters. The summed E-state index contributed by atoms with van der Waals surface area (Å²) >= 11 is 1.27. The standard InChI is InChI=1S/C41H36F2N4O4S/c1-25-9-14-30(38(44-25)46-23-41(24-46)16-19-51-20-17-41)39(49)45-28-12-10-26(11-13-28)40(50)47-18-15-27-21-36(52-37(27)29-5-2-3-8-34(29)47)35(48)22-31-32(42)6-4-7-33(31)43/h2-14,21H,15-20,22-24H2,1H3,(H,45,49). The number of nitrogens with one attached hydrogen (secondary N) is 1. The number of ketones is 1. The Morgan fingerprint density at radius 2 is 1.65 bits per heavy atom. The molecule has 0 bridgehead atoms. The smallest absolute Gasteiger partial charge is 0.259 e. The lowest BCUT2D eigenvalue weighted by atomic mass is 9.73. The molecule has 1 spiro atoms. The van der Waals surface area contributed by atoms with Crippen molar-refractivity contribution < 1.29 is 27.9 Å². The maximum atomic E-state index is 14.3. The zero-order chi connectivity index (χ0) is 36.0. The fourth-order valence-corrected chi connectivity index (χ4v) is 8.62. The molecular formula is C41H36F2N4O4S. The summed E-state index contributed by atoms with van der Waals surface area (Å²) in [5, 5.41) is 2.99. The van der Waals surface area contributed by atoms with Crippen LogP contribution in [0.15, 0.2) is 84.9 Å². The average Bonchev–Trinajstić information content (AvgIpc) is 3.50. The molecule has 2 saturated heterocycles. The Labute approximate surface area is 304 Å². The first-order valence-corrected chi connectivity index (χ1v) is 18.2. The number of halogens is 2. The molecule has 2 amide bonds. The van der Waals surface area contributed by atoms with Crippen LogP contribution in [-0.4, -0.2) is 55.4 Å². The topological polar surface area (TPSA) is 91.8 Å². The van der Waals surface area contributed by atoms with E-state index in [9.17, 15) is 23.2 Å². The molecule has 11 heteroatoms. The number of ether oxygens (including phenoxy) is 1. The highest BCUT2D eigenvalue weighted by molar-refractivity contribution is 7.17. The van der Waals surface area contributed by atoms with Crippen LogP contribution < -0.4 is 15.1 Å². The van der Waals surface area contributed by atoms with Gasteiger partial charge in [-0.15, -0.1) is 11.3 Å². The van der Waals surface area contributed by atoms with Gasteiger partial charge in [-0.25, -0.2) is 13.8 Å². The van der Waals surface area contributed by atoms with E-state index in [-0.39, 0.29) is 35.0 Å². The fraction of sp³-hybridized carbons (Fsp3) is 0.268. The van der Waals surface area contributed by atoms with Crippen molar-refractivity contribution in [2.24, 2.45) is 5.41 Å². The number of Topliss-reactive ketones (excluding diaryl/α,β-unsaturated/α-hetero) is 1. The number of nitrogens with zero attached hydrogens (tertiary/aromatic N) is 3. The third kappa shape index (κ3) is 6.39. The maximum Gasteiger partial charge on any atom is 0.259 e. The molecule has 3 aliphatic rings. The minimum absolute atomic E-state index is 0.198. The zero-order valence-corrected chi connectivity index (χ0v) is 29.4. The van der Waals surface area contributed by atoms with E-state index in [2.05, 4.69) is 10.2 Å². The average molecular weight is 719 g/mol. The van der Waals surface area contributed by atoms with E-state index >= 15 is 0 Å². The summed E-state index contributed by atoms with van der Waals surface area (Å²) in [6.45, 7) is 5.53. The molecule has 0 saturated carbocycles. The van der Waals surface area contributed by atoms with Gasteiger partial charge in [0, 0.05) is 77.6 Å². The SMILES string of the molecule is Cc1ccc(C(=O)Nc2ccc(C(=O)N3CCc4cc(C(=O)Cc5c(F)cccc5F)sc4-c4ccccc43)cc2)c(N2CC3(CCOCC3)C2)n1. The van der Waals surface area contributed by atoms with Crippen molar-refractivity contribution in [3.8, 4) is 10.4 Å². The van der Waals surface area contributed by atoms with Gasteiger partial charge in [-0.1, -0.05) is 24.3 Å². The Balaban J connectivity index is 0.974.